The highest BCUT2D eigenvalue weighted by molar-refractivity contribution is 5.96. The number of fused-ring (bicyclic) bond motifs is 1. The molecule has 2 aromatic carbocycles. The molecule has 202 valence electrons. The smallest absolute Gasteiger partial charge is 0.410 e. The van der Waals surface area contributed by atoms with Gasteiger partial charge in [-0.05, 0) is 63.1 Å². The third kappa shape index (κ3) is 5.87. The summed E-state index contributed by atoms with van der Waals surface area (Å²) in [6, 6.07) is 17.0. The number of nitrogens with zero attached hydrogens (tertiary/aromatic N) is 4. The molecular formula is C30H33N5O4. The fourth-order valence-electron chi connectivity index (χ4n) is 4.76. The number of benzene rings is 2. The molecule has 1 unspecified atom stereocenters. The Labute approximate surface area is 227 Å². The normalized spacial score (nSPS) is 15.4. The van der Waals surface area contributed by atoms with Crippen molar-refractivity contribution in [1.29, 1.82) is 0 Å². The van der Waals surface area contributed by atoms with Gasteiger partial charge in [-0.25, -0.2) is 4.79 Å². The maximum Gasteiger partial charge on any atom is 0.410 e. The molecule has 1 atom stereocenters. The summed E-state index contributed by atoms with van der Waals surface area (Å²) in [7, 11) is 1.62. The van der Waals surface area contributed by atoms with E-state index in [2.05, 4.69) is 10.3 Å². The SMILES string of the molecule is COc1cccc(CNC(=O)c2ccc(-c3nn(C4CCN(C(=O)OC(C)(C)C)C4)c4ccncc34)cc2)c1. The molecular weight excluding hydrogens is 494 g/mol. The number of nitrogens with one attached hydrogen (secondary N) is 1. The predicted octanol–water partition coefficient (Wildman–Crippen LogP) is 5.22. The van der Waals surface area contributed by atoms with Crippen molar-refractivity contribution in [1.82, 2.24) is 25.0 Å². The first-order valence-electron chi connectivity index (χ1n) is 13.0. The monoisotopic (exact) mass is 527 g/mol. The van der Waals surface area contributed by atoms with Crippen molar-refractivity contribution in [2.24, 2.45) is 0 Å². The van der Waals surface area contributed by atoms with Crippen molar-refractivity contribution in [2.45, 2.75) is 45.4 Å². The summed E-state index contributed by atoms with van der Waals surface area (Å²) in [6.07, 6.45) is 4.04. The van der Waals surface area contributed by atoms with Crippen LogP contribution >= 0.6 is 0 Å². The predicted molar refractivity (Wildman–Crippen MR) is 149 cm³/mol. The van der Waals surface area contributed by atoms with Crippen molar-refractivity contribution >= 4 is 22.9 Å². The lowest BCUT2D eigenvalue weighted by Gasteiger charge is -2.24. The van der Waals surface area contributed by atoms with Gasteiger partial charge < -0.3 is 19.7 Å². The second-order valence-electron chi connectivity index (χ2n) is 10.7. The third-order valence-corrected chi connectivity index (χ3v) is 6.68. The summed E-state index contributed by atoms with van der Waals surface area (Å²) in [5.41, 5.74) is 3.62. The van der Waals surface area contributed by atoms with Crippen LogP contribution in [0.3, 0.4) is 0 Å². The summed E-state index contributed by atoms with van der Waals surface area (Å²) in [4.78, 5) is 31.4. The molecule has 0 saturated carbocycles. The number of methoxy groups -OCH3 is 1. The molecule has 2 aromatic heterocycles. The topological polar surface area (TPSA) is 98.6 Å². The molecule has 1 saturated heterocycles. The van der Waals surface area contributed by atoms with Gasteiger partial charge in [-0.1, -0.05) is 24.3 Å². The molecule has 3 heterocycles. The molecule has 0 spiro atoms. The molecule has 9 nitrogen and oxygen atoms in total. The Kier molecular flexibility index (Phi) is 7.24. The number of pyridine rings is 1. The zero-order valence-electron chi connectivity index (χ0n) is 22.7. The largest absolute Gasteiger partial charge is 0.497 e. The first kappa shape index (κ1) is 26.2. The number of ether oxygens (including phenoxy) is 2. The van der Waals surface area contributed by atoms with E-state index in [9.17, 15) is 9.59 Å². The summed E-state index contributed by atoms with van der Waals surface area (Å²) in [5, 5.41) is 8.84. The Balaban J connectivity index is 1.32. The minimum atomic E-state index is -0.537. The molecule has 1 N–H and O–H groups in total. The van der Waals surface area contributed by atoms with E-state index in [0.717, 1.165) is 39.9 Å². The van der Waals surface area contributed by atoms with E-state index in [1.54, 1.807) is 30.3 Å². The molecule has 0 bridgehead atoms. The minimum Gasteiger partial charge on any atom is -0.497 e. The second kappa shape index (κ2) is 10.8. The van der Waals surface area contributed by atoms with Crippen LogP contribution in [-0.4, -0.2) is 57.5 Å². The molecule has 1 fully saturated rings. The summed E-state index contributed by atoms with van der Waals surface area (Å²) < 4.78 is 12.8. The number of hydrogen-bond acceptors (Lipinski definition) is 6. The molecule has 5 rings (SSSR count). The van der Waals surface area contributed by atoms with E-state index in [4.69, 9.17) is 14.6 Å². The average molecular weight is 528 g/mol. The Morgan fingerprint density at radius 2 is 1.90 bits per heavy atom. The number of carbonyl (C=O) groups excluding carboxylic acids is 2. The molecule has 39 heavy (non-hydrogen) atoms. The van der Waals surface area contributed by atoms with Gasteiger partial charge in [0.25, 0.3) is 5.91 Å². The van der Waals surface area contributed by atoms with Crippen molar-refractivity contribution in [3.05, 3.63) is 78.1 Å². The van der Waals surface area contributed by atoms with E-state index in [1.165, 1.54) is 0 Å². The first-order chi connectivity index (χ1) is 18.7. The summed E-state index contributed by atoms with van der Waals surface area (Å²) in [6.45, 7) is 7.15. The minimum absolute atomic E-state index is 0.0258. The van der Waals surface area contributed by atoms with Crippen LogP contribution in [0.1, 0.15) is 49.2 Å². The van der Waals surface area contributed by atoms with E-state index in [0.29, 0.717) is 25.2 Å². The van der Waals surface area contributed by atoms with Gasteiger partial charge in [0.15, 0.2) is 0 Å². The van der Waals surface area contributed by atoms with E-state index in [1.807, 2.05) is 74.1 Å². The van der Waals surface area contributed by atoms with Crippen LogP contribution in [0, 0.1) is 0 Å². The molecule has 1 aliphatic rings. The van der Waals surface area contributed by atoms with Gasteiger partial charge in [-0.3, -0.25) is 14.5 Å². The molecule has 1 aliphatic heterocycles. The van der Waals surface area contributed by atoms with Gasteiger partial charge in [0.05, 0.1) is 18.7 Å². The Bertz CT molecular complexity index is 1490. The van der Waals surface area contributed by atoms with Crippen LogP contribution in [0.4, 0.5) is 4.79 Å². The Hall–Kier alpha value is -4.40. The number of likely N-dealkylation sites (tertiary alicyclic amines) is 1. The van der Waals surface area contributed by atoms with Crippen LogP contribution in [-0.2, 0) is 11.3 Å². The number of aromatic nitrogens is 3. The number of hydrogen-bond donors (Lipinski definition) is 1. The van der Waals surface area contributed by atoms with Gasteiger partial charge >= 0.3 is 6.09 Å². The lowest BCUT2D eigenvalue weighted by atomic mass is 10.1. The summed E-state index contributed by atoms with van der Waals surface area (Å²) >= 11 is 0. The fourth-order valence-corrected chi connectivity index (χ4v) is 4.76. The van der Waals surface area contributed by atoms with Gasteiger partial charge in [-0.2, -0.15) is 5.10 Å². The van der Waals surface area contributed by atoms with E-state index < -0.39 is 5.60 Å². The van der Waals surface area contributed by atoms with Crippen molar-refractivity contribution in [2.75, 3.05) is 20.2 Å². The third-order valence-electron chi connectivity index (χ3n) is 6.68. The van der Waals surface area contributed by atoms with Gasteiger partial charge in [0.2, 0.25) is 0 Å². The van der Waals surface area contributed by atoms with Crippen LogP contribution in [0.5, 0.6) is 5.75 Å². The fraction of sp³-hybridized carbons (Fsp3) is 0.333. The van der Waals surface area contributed by atoms with Gasteiger partial charge in [0.1, 0.15) is 17.0 Å². The second-order valence-corrected chi connectivity index (χ2v) is 10.7. The highest BCUT2D eigenvalue weighted by Gasteiger charge is 2.32. The Morgan fingerprint density at radius 3 is 2.64 bits per heavy atom. The lowest BCUT2D eigenvalue weighted by Crippen LogP contribution is -2.35. The van der Waals surface area contributed by atoms with Crippen LogP contribution in [0.15, 0.2) is 67.0 Å². The highest BCUT2D eigenvalue weighted by Crippen LogP contribution is 2.32. The van der Waals surface area contributed by atoms with Gasteiger partial charge in [-0.15, -0.1) is 0 Å². The zero-order valence-corrected chi connectivity index (χ0v) is 22.7. The van der Waals surface area contributed by atoms with Crippen LogP contribution in [0.2, 0.25) is 0 Å². The number of amides is 2. The van der Waals surface area contributed by atoms with Crippen molar-refractivity contribution in [3.8, 4) is 17.0 Å². The summed E-state index contributed by atoms with van der Waals surface area (Å²) in [5.74, 6) is 0.594. The quantitative estimate of drug-likeness (QED) is 0.369. The highest BCUT2D eigenvalue weighted by atomic mass is 16.6. The standard InChI is InChI=1S/C30H33N5O4/c1-30(2,3)39-29(37)34-15-13-23(19-34)35-26-12-14-31-18-25(26)27(33-35)21-8-10-22(11-9-21)28(36)32-17-20-6-5-7-24(16-20)38-4/h5-12,14,16,18,23H,13,15,17,19H2,1-4H3,(H,32,36). The van der Waals surface area contributed by atoms with Gasteiger partial charge in [0, 0.05) is 48.5 Å². The molecule has 2 amide bonds. The lowest BCUT2D eigenvalue weighted by molar-refractivity contribution is 0.0288. The molecule has 0 radical (unpaired) electrons. The number of rotatable bonds is 6. The average Bonchev–Trinajstić information content (AvgIpc) is 3.57. The van der Waals surface area contributed by atoms with Crippen molar-refractivity contribution in [3.63, 3.8) is 0 Å². The van der Waals surface area contributed by atoms with Crippen LogP contribution in [0.25, 0.3) is 22.2 Å². The van der Waals surface area contributed by atoms with E-state index >= 15 is 0 Å². The maximum atomic E-state index is 12.8. The van der Waals surface area contributed by atoms with Crippen molar-refractivity contribution < 1.29 is 19.1 Å². The first-order valence-corrected chi connectivity index (χ1v) is 13.0. The van der Waals surface area contributed by atoms with Crippen LogP contribution < -0.4 is 10.1 Å². The molecule has 0 aliphatic carbocycles. The molecule has 4 aromatic rings. The molecule has 9 heteroatoms. The Morgan fingerprint density at radius 1 is 1.10 bits per heavy atom. The van der Waals surface area contributed by atoms with E-state index in [-0.39, 0.29) is 18.0 Å². The zero-order chi connectivity index (χ0) is 27.6. The number of carbonyl (C=O) groups is 2. The maximum absolute atomic E-state index is 12.8.